The van der Waals surface area contributed by atoms with Gasteiger partial charge in [0.25, 0.3) is 0 Å². The number of nitrogens with one attached hydrogen (secondary N) is 1. The average molecular weight is 391 g/mol. The predicted octanol–water partition coefficient (Wildman–Crippen LogP) is 2.95. The van der Waals surface area contributed by atoms with Gasteiger partial charge in [-0.2, -0.15) is 0 Å². The van der Waals surface area contributed by atoms with Crippen molar-refractivity contribution in [3.05, 3.63) is 53.1 Å². The fourth-order valence-electron chi connectivity index (χ4n) is 2.97. The Kier molecular flexibility index (Phi) is 6.62. The second-order valence-electron chi connectivity index (χ2n) is 6.55. The van der Waals surface area contributed by atoms with Crippen molar-refractivity contribution in [1.29, 1.82) is 0 Å². The van der Waals surface area contributed by atoms with E-state index in [1.807, 2.05) is 32.0 Å². The molecule has 1 N–H and O–H groups in total. The van der Waals surface area contributed by atoms with E-state index in [0.29, 0.717) is 5.75 Å². The normalized spacial score (nSPS) is 11.3. The second kappa shape index (κ2) is 8.54. The third-order valence-corrected chi connectivity index (χ3v) is 5.66. The molecule has 0 saturated carbocycles. The summed E-state index contributed by atoms with van der Waals surface area (Å²) in [6, 6.07) is 10.5. The van der Waals surface area contributed by atoms with Crippen molar-refractivity contribution in [2.45, 2.75) is 32.6 Å². The highest BCUT2D eigenvalue weighted by Gasteiger charge is 2.17. The van der Waals surface area contributed by atoms with Gasteiger partial charge in [-0.05, 0) is 67.8 Å². The Morgan fingerprint density at radius 1 is 1.07 bits per heavy atom. The quantitative estimate of drug-likeness (QED) is 0.789. The maximum Gasteiger partial charge on any atom is 0.240 e. The summed E-state index contributed by atoms with van der Waals surface area (Å²) in [5.74, 6) is 0.492. The van der Waals surface area contributed by atoms with Gasteiger partial charge in [-0.1, -0.05) is 6.07 Å². The lowest BCUT2D eigenvalue weighted by molar-refractivity contribution is -0.116. The van der Waals surface area contributed by atoms with Crippen molar-refractivity contribution in [1.82, 2.24) is 4.72 Å². The van der Waals surface area contributed by atoms with Crippen molar-refractivity contribution in [3.63, 3.8) is 0 Å². The average Bonchev–Trinajstić information content (AvgIpc) is 2.57. The number of carbonyl (C=O) groups excluding carboxylic acids is 1. The molecule has 2 aromatic rings. The Morgan fingerprint density at radius 2 is 1.70 bits per heavy atom. The third-order valence-electron chi connectivity index (χ3n) is 4.20. The number of aryl methyl sites for hydroxylation is 3. The summed E-state index contributed by atoms with van der Waals surface area (Å²) in [6.45, 7) is 7.54. The molecule has 0 aliphatic carbocycles. The van der Waals surface area contributed by atoms with E-state index in [1.165, 1.54) is 20.1 Å². The molecule has 1 amide bonds. The molecule has 0 aliphatic rings. The van der Waals surface area contributed by atoms with Crippen LogP contribution < -0.4 is 14.4 Å². The number of sulfonamides is 1. The zero-order chi connectivity index (χ0) is 20.2. The molecule has 0 unspecified atom stereocenters. The van der Waals surface area contributed by atoms with Crippen LogP contribution in [0.15, 0.2) is 41.3 Å². The Morgan fingerprint density at radius 3 is 2.22 bits per heavy atom. The fourth-order valence-corrected chi connectivity index (χ4v) is 4.07. The molecule has 0 spiro atoms. The zero-order valence-corrected chi connectivity index (χ0v) is 17.2. The first-order chi connectivity index (χ1) is 12.6. The molecular weight excluding hydrogens is 364 g/mol. The highest BCUT2D eigenvalue weighted by Crippen LogP contribution is 2.21. The lowest BCUT2D eigenvalue weighted by Crippen LogP contribution is -2.37. The van der Waals surface area contributed by atoms with Crippen molar-refractivity contribution < 1.29 is 17.9 Å². The number of carbonyl (C=O) groups is 1. The summed E-state index contributed by atoms with van der Waals surface area (Å²) < 4.78 is 32.8. The van der Waals surface area contributed by atoms with Gasteiger partial charge in [0.2, 0.25) is 15.9 Å². The molecule has 146 valence electrons. The molecule has 0 atom stereocenters. The van der Waals surface area contributed by atoms with Gasteiger partial charge in [-0.25, -0.2) is 13.1 Å². The summed E-state index contributed by atoms with van der Waals surface area (Å²) >= 11 is 0. The highest BCUT2D eigenvalue weighted by molar-refractivity contribution is 7.89. The number of methoxy groups -OCH3 is 1. The van der Waals surface area contributed by atoms with E-state index in [2.05, 4.69) is 4.72 Å². The first-order valence-electron chi connectivity index (χ1n) is 8.65. The van der Waals surface area contributed by atoms with Gasteiger partial charge in [0.1, 0.15) is 5.75 Å². The molecule has 6 nitrogen and oxygen atoms in total. The SMILES string of the molecule is COc1ccc(S(=O)(=O)NCCN(C(C)=O)c2cc(C)cc(C)c2)cc1C. The standard InChI is InChI=1S/C20H26N2O4S/c1-14-10-15(2)12-18(11-14)22(17(4)23)9-8-21-27(24,25)19-6-7-20(26-5)16(3)13-19/h6-7,10-13,21H,8-9H2,1-5H3. The van der Waals surface area contributed by atoms with Crippen LogP contribution in [0.2, 0.25) is 0 Å². The first kappa shape index (κ1) is 20.9. The maximum atomic E-state index is 12.5. The van der Waals surface area contributed by atoms with E-state index in [4.69, 9.17) is 4.74 Å². The Hall–Kier alpha value is -2.38. The van der Waals surface area contributed by atoms with Gasteiger partial charge in [0.05, 0.1) is 12.0 Å². The molecule has 0 radical (unpaired) electrons. The number of benzene rings is 2. The third kappa shape index (κ3) is 5.30. The molecule has 27 heavy (non-hydrogen) atoms. The summed E-state index contributed by atoms with van der Waals surface area (Å²) in [6.07, 6.45) is 0. The number of amides is 1. The smallest absolute Gasteiger partial charge is 0.240 e. The van der Waals surface area contributed by atoms with Gasteiger partial charge in [0, 0.05) is 25.7 Å². The second-order valence-corrected chi connectivity index (χ2v) is 8.31. The zero-order valence-electron chi connectivity index (χ0n) is 16.4. The van der Waals surface area contributed by atoms with Crippen LogP contribution in [0, 0.1) is 20.8 Å². The molecule has 0 aromatic heterocycles. The number of hydrogen-bond donors (Lipinski definition) is 1. The van der Waals surface area contributed by atoms with Gasteiger partial charge in [-0.3, -0.25) is 4.79 Å². The first-order valence-corrected chi connectivity index (χ1v) is 10.1. The summed E-state index contributed by atoms with van der Waals surface area (Å²) in [5.41, 5.74) is 3.59. The van der Waals surface area contributed by atoms with Crippen LogP contribution in [0.4, 0.5) is 5.69 Å². The molecule has 0 aliphatic heterocycles. The minimum absolute atomic E-state index is 0.111. The van der Waals surface area contributed by atoms with Crippen LogP contribution in [-0.2, 0) is 14.8 Å². The highest BCUT2D eigenvalue weighted by atomic mass is 32.2. The Bertz CT molecular complexity index is 919. The minimum atomic E-state index is -3.67. The molecule has 0 heterocycles. The molecule has 7 heteroatoms. The molecule has 0 fully saturated rings. The van der Waals surface area contributed by atoms with Crippen LogP contribution in [0.1, 0.15) is 23.6 Å². The van der Waals surface area contributed by atoms with E-state index in [1.54, 1.807) is 24.0 Å². The Balaban J connectivity index is 2.12. The van der Waals surface area contributed by atoms with E-state index >= 15 is 0 Å². The summed E-state index contributed by atoms with van der Waals surface area (Å²) in [5, 5.41) is 0. The minimum Gasteiger partial charge on any atom is -0.496 e. The Labute approximate surface area is 161 Å². The molecule has 0 saturated heterocycles. The van der Waals surface area contributed by atoms with Gasteiger partial charge >= 0.3 is 0 Å². The van der Waals surface area contributed by atoms with E-state index in [0.717, 1.165) is 22.4 Å². The maximum absolute atomic E-state index is 12.5. The number of ether oxygens (including phenoxy) is 1. The number of rotatable bonds is 7. The van der Waals surface area contributed by atoms with Crippen LogP contribution in [-0.4, -0.2) is 34.5 Å². The number of anilines is 1. The van der Waals surface area contributed by atoms with Crippen molar-refractivity contribution in [2.75, 3.05) is 25.1 Å². The topological polar surface area (TPSA) is 75.7 Å². The van der Waals surface area contributed by atoms with Crippen LogP contribution in [0.25, 0.3) is 0 Å². The lowest BCUT2D eigenvalue weighted by Gasteiger charge is -2.22. The fraction of sp³-hybridized carbons (Fsp3) is 0.350. The van der Waals surface area contributed by atoms with E-state index in [-0.39, 0.29) is 23.9 Å². The summed E-state index contributed by atoms with van der Waals surface area (Å²) in [4.78, 5) is 13.8. The number of nitrogens with zero attached hydrogens (tertiary/aromatic N) is 1. The van der Waals surface area contributed by atoms with Crippen LogP contribution >= 0.6 is 0 Å². The lowest BCUT2D eigenvalue weighted by atomic mass is 10.1. The molecule has 2 rings (SSSR count). The van der Waals surface area contributed by atoms with Crippen LogP contribution in [0.5, 0.6) is 5.75 Å². The van der Waals surface area contributed by atoms with Crippen molar-refractivity contribution >= 4 is 21.6 Å². The monoisotopic (exact) mass is 390 g/mol. The van der Waals surface area contributed by atoms with Crippen LogP contribution in [0.3, 0.4) is 0 Å². The van der Waals surface area contributed by atoms with Gasteiger partial charge < -0.3 is 9.64 Å². The number of hydrogen-bond acceptors (Lipinski definition) is 4. The van der Waals surface area contributed by atoms with Crippen molar-refractivity contribution in [3.8, 4) is 5.75 Å². The predicted molar refractivity (Wildman–Crippen MR) is 107 cm³/mol. The molecule has 2 aromatic carbocycles. The van der Waals surface area contributed by atoms with Gasteiger partial charge in [-0.15, -0.1) is 0 Å². The van der Waals surface area contributed by atoms with E-state index < -0.39 is 10.0 Å². The van der Waals surface area contributed by atoms with E-state index in [9.17, 15) is 13.2 Å². The molecule has 0 bridgehead atoms. The van der Waals surface area contributed by atoms with Crippen molar-refractivity contribution in [2.24, 2.45) is 0 Å². The largest absolute Gasteiger partial charge is 0.496 e. The van der Waals surface area contributed by atoms with Gasteiger partial charge in [0.15, 0.2) is 0 Å². The molecular formula is C20H26N2O4S. The summed E-state index contributed by atoms with van der Waals surface area (Å²) in [7, 11) is -2.13.